The van der Waals surface area contributed by atoms with E-state index in [1.807, 2.05) is 35.7 Å². The summed E-state index contributed by atoms with van der Waals surface area (Å²) in [6, 6.07) is 21.6. The van der Waals surface area contributed by atoms with Gasteiger partial charge >= 0.3 is 0 Å². The molecule has 0 fully saturated rings. The Morgan fingerprint density at radius 2 is 1.63 bits per heavy atom. The lowest BCUT2D eigenvalue weighted by Gasteiger charge is -2.04. The van der Waals surface area contributed by atoms with Crippen LogP contribution in [0, 0.1) is 0 Å². The fourth-order valence-corrected chi connectivity index (χ4v) is 3.30. The number of fused-ring (bicyclic) bond motifs is 1. The zero-order valence-electron chi connectivity index (χ0n) is 14.2. The first kappa shape index (κ1) is 16.9. The van der Waals surface area contributed by atoms with E-state index in [4.69, 9.17) is 0 Å². The van der Waals surface area contributed by atoms with Crippen LogP contribution in [0.1, 0.15) is 9.67 Å². The fraction of sp³-hybridized carbons (Fsp3) is 0. The lowest BCUT2D eigenvalue weighted by Crippen LogP contribution is -2.09. The van der Waals surface area contributed by atoms with Crippen molar-refractivity contribution < 1.29 is 9.90 Å². The summed E-state index contributed by atoms with van der Waals surface area (Å²) >= 11 is 1.40. The molecule has 0 atom stereocenters. The average Bonchev–Trinajstić information content (AvgIpc) is 3.24. The number of rotatable bonds is 4. The third-order valence-corrected chi connectivity index (χ3v) is 4.89. The predicted molar refractivity (Wildman–Crippen MR) is 109 cm³/mol. The number of benzene rings is 3. The van der Waals surface area contributed by atoms with Gasteiger partial charge in [-0.25, -0.2) is 0 Å². The number of amides is 1. The van der Waals surface area contributed by atoms with E-state index in [1.54, 1.807) is 42.5 Å². The Bertz CT molecular complexity index is 1120. The van der Waals surface area contributed by atoms with E-state index < -0.39 is 0 Å². The van der Waals surface area contributed by atoms with Crippen molar-refractivity contribution >= 4 is 45.1 Å². The maximum atomic E-state index is 12.1. The van der Waals surface area contributed by atoms with Crippen molar-refractivity contribution in [2.24, 2.45) is 10.2 Å². The largest absolute Gasteiger partial charge is 0.507 e. The Labute approximate surface area is 159 Å². The van der Waals surface area contributed by atoms with Crippen molar-refractivity contribution in [1.82, 2.24) is 0 Å². The van der Waals surface area contributed by atoms with Crippen LogP contribution >= 0.6 is 11.3 Å². The van der Waals surface area contributed by atoms with Crippen LogP contribution in [0.5, 0.6) is 5.75 Å². The summed E-state index contributed by atoms with van der Waals surface area (Å²) in [6.07, 6.45) is 0. The van der Waals surface area contributed by atoms with Crippen molar-refractivity contribution in [2.45, 2.75) is 0 Å². The van der Waals surface area contributed by atoms with Crippen LogP contribution in [0.3, 0.4) is 0 Å². The second-order valence-corrected chi connectivity index (χ2v) is 6.78. The maximum absolute atomic E-state index is 12.1. The molecule has 0 unspecified atom stereocenters. The highest BCUT2D eigenvalue weighted by atomic mass is 32.1. The Kier molecular flexibility index (Phi) is 4.63. The van der Waals surface area contributed by atoms with Gasteiger partial charge in [-0.2, -0.15) is 5.11 Å². The Morgan fingerprint density at radius 1 is 0.852 bits per heavy atom. The fourth-order valence-electron chi connectivity index (χ4n) is 2.68. The van der Waals surface area contributed by atoms with E-state index in [0.29, 0.717) is 21.9 Å². The van der Waals surface area contributed by atoms with Gasteiger partial charge in [0.2, 0.25) is 0 Å². The predicted octanol–water partition coefficient (Wildman–Crippen LogP) is 6.27. The number of nitrogens with zero attached hydrogens (tertiary/aromatic N) is 2. The van der Waals surface area contributed by atoms with Gasteiger partial charge in [0.1, 0.15) is 5.75 Å². The van der Waals surface area contributed by atoms with Crippen LogP contribution < -0.4 is 5.32 Å². The number of thiophene rings is 1. The first-order chi connectivity index (χ1) is 13.2. The molecule has 0 saturated heterocycles. The highest BCUT2D eigenvalue weighted by Gasteiger charge is 2.07. The summed E-state index contributed by atoms with van der Waals surface area (Å²) in [4.78, 5) is 12.7. The third kappa shape index (κ3) is 3.70. The number of anilines is 1. The van der Waals surface area contributed by atoms with Gasteiger partial charge in [0.25, 0.3) is 5.91 Å². The van der Waals surface area contributed by atoms with E-state index in [9.17, 15) is 9.90 Å². The topological polar surface area (TPSA) is 74.0 Å². The van der Waals surface area contributed by atoms with Crippen LogP contribution in [0.25, 0.3) is 10.8 Å². The van der Waals surface area contributed by atoms with Crippen LogP contribution in [0.4, 0.5) is 17.1 Å². The molecule has 0 spiro atoms. The van der Waals surface area contributed by atoms with Gasteiger partial charge in [-0.1, -0.05) is 30.3 Å². The molecule has 6 heteroatoms. The number of aromatic hydroxyl groups is 1. The van der Waals surface area contributed by atoms with E-state index in [1.165, 1.54) is 11.3 Å². The Balaban J connectivity index is 1.52. The molecule has 3 aromatic carbocycles. The van der Waals surface area contributed by atoms with E-state index in [0.717, 1.165) is 10.8 Å². The number of hydrogen-bond acceptors (Lipinski definition) is 5. The van der Waals surface area contributed by atoms with Crippen molar-refractivity contribution in [2.75, 3.05) is 5.32 Å². The highest BCUT2D eigenvalue weighted by molar-refractivity contribution is 7.12. The monoisotopic (exact) mass is 373 g/mol. The van der Waals surface area contributed by atoms with E-state index >= 15 is 0 Å². The molecular weight excluding hydrogens is 358 g/mol. The summed E-state index contributed by atoms with van der Waals surface area (Å²) < 4.78 is 0. The molecular formula is C21H15N3O2S. The Morgan fingerprint density at radius 3 is 2.37 bits per heavy atom. The molecule has 4 rings (SSSR count). The number of phenols is 1. The maximum Gasteiger partial charge on any atom is 0.265 e. The first-order valence-electron chi connectivity index (χ1n) is 8.28. The first-order valence-corrected chi connectivity index (χ1v) is 9.16. The molecule has 0 aliphatic rings. The van der Waals surface area contributed by atoms with Gasteiger partial charge in [-0.3, -0.25) is 4.79 Å². The number of azo groups is 1. The summed E-state index contributed by atoms with van der Waals surface area (Å²) in [5.41, 5.74) is 2.04. The number of carbonyl (C=O) groups excluding carboxylic acids is 1. The molecule has 5 nitrogen and oxygen atoms in total. The third-order valence-electron chi connectivity index (χ3n) is 4.02. The van der Waals surface area contributed by atoms with Crippen molar-refractivity contribution in [3.05, 3.63) is 83.1 Å². The second kappa shape index (κ2) is 7.39. The minimum absolute atomic E-state index is 0.130. The molecule has 1 aromatic heterocycles. The lowest BCUT2D eigenvalue weighted by molar-refractivity contribution is 0.103. The minimum atomic E-state index is -0.130. The normalized spacial score (nSPS) is 11.1. The SMILES string of the molecule is O=C(Nc1ccc(N=Nc2ccc(O)c3ccccc23)cc1)c1cccs1. The molecule has 132 valence electrons. The van der Waals surface area contributed by atoms with Crippen molar-refractivity contribution in [1.29, 1.82) is 0 Å². The number of nitrogens with one attached hydrogen (secondary N) is 1. The zero-order valence-corrected chi connectivity index (χ0v) is 15.0. The second-order valence-electron chi connectivity index (χ2n) is 5.83. The van der Waals surface area contributed by atoms with Gasteiger partial charge in [0, 0.05) is 16.5 Å². The number of phenolic OH excluding ortho intramolecular Hbond substituents is 1. The highest BCUT2D eigenvalue weighted by Crippen LogP contribution is 2.33. The summed E-state index contributed by atoms with van der Waals surface area (Å²) in [6.45, 7) is 0. The molecule has 1 heterocycles. The standard InChI is InChI=1S/C21H15N3O2S/c25-19-12-11-18(16-4-1-2-5-17(16)19)24-23-15-9-7-14(8-10-15)22-21(26)20-6-3-13-27-20/h1-13,25H,(H,22,26). The van der Waals surface area contributed by atoms with E-state index in [2.05, 4.69) is 15.5 Å². The van der Waals surface area contributed by atoms with Gasteiger partial charge < -0.3 is 10.4 Å². The molecule has 0 aliphatic heterocycles. The average molecular weight is 373 g/mol. The minimum Gasteiger partial charge on any atom is -0.507 e. The van der Waals surface area contributed by atoms with Gasteiger partial charge in [-0.05, 0) is 47.8 Å². The quantitative estimate of drug-likeness (QED) is 0.413. The molecule has 0 radical (unpaired) electrons. The Hall–Kier alpha value is -3.51. The molecule has 2 N–H and O–H groups in total. The molecule has 27 heavy (non-hydrogen) atoms. The van der Waals surface area contributed by atoms with E-state index in [-0.39, 0.29) is 11.7 Å². The summed E-state index contributed by atoms with van der Waals surface area (Å²) in [7, 11) is 0. The zero-order chi connectivity index (χ0) is 18.6. The molecule has 0 bridgehead atoms. The molecule has 4 aromatic rings. The number of carbonyl (C=O) groups is 1. The van der Waals surface area contributed by atoms with Gasteiger partial charge in [0.15, 0.2) is 0 Å². The van der Waals surface area contributed by atoms with Crippen molar-refractivity contribution in [3.63, 3.8) is 0 Å². The molecule has 0 saturated carbocycles. The van der Waals surface area contributed by atoms with Gasteiger partial charge in [0.05, 0.1) is 16.3 Å². The van der Waals surface area contributed by atoms with Crippen LogP contribution in [-0.2, 0) is 0 Å². The van der Waals surface area contributed by atoms with Gasteiger partial charge in [-0.15, -0.1) is 16.5 Å². The lowest BCUT2D eigenvalue weighted by atomic mass is 10.1. The number of hydrogen-bond donors (Lipinski definition) is 2. The molecule has 0 aliphatic carbocycles. The van der Waals surface area contributed by atoms with Crippen LogP contribution in [0.2, 0.25) is 0 Å². The smallest absolute Gasteiger partial charge is 0.265 e. The summed E-state index contributed by atoms with van der Waals surface area (Å²) in [5, 5.41) is 24.8. The summed E-state index contributed by atoms with van der Waals surface area (Å²) in [5.74, 6) is 0.0883. The van der Waals surface area contributed by atoms with Crippen molar-refractivity contribution in [3.8, 4) is 5.75 Å². The van der Waals surface area contributed by atoms with Crippen LogP contribution in [0.15, 0.2) is 88.4 Å². The van der Waals surface area contributed by atoms with Crippen LogP contribution in [-0.4, -0.2) is 11.0 Å². The molecule has 1 amide bonds.